The number of benzene rings is 2. The molecule has 6 heteroatoms. The van der Waals surface area contributed by atoms with Crippen LogP contribution in [0.15, 0.2) is 71.3 Å². The molecule has 3 heterocycles. The summed E-state index contributed by atoms with van der Waals surface area (Å²) >= 11 is 9.58. The first-order chi connectivity index (χ1) is 16.7. The first-order valence-corrected chi connectivity index (χ1v) is 13.0. The minimum Gasteiger partial charge on any atom is -0.351 e. The predicted octanol–water partition coefficient (Wildman–Crippen LogP) is 7.35. The van der Waals surface area contributed by atoms with Crippen LogP contribution in [-0.4, -0.2) is 14.7 Å². The average Bonchev–Trinajstić information content (AvgIpc) is 3.31. The molecule has 0 saturated carbocycles. The number of anilines is 1. The van der Waals surface area contributed by atoms with E-state index in [1.165, 1.54) is 39.3 Å². The second-order valence-corrected chi connectivity index (χ2v) is 10.7. The van der Waals surface area contributed by atoms with Crippen LogP contribution in [0.3, 0.4) is 0 Å². The zero-order chi connectivity index (χ0) is 24.9. The quantitative estimate of drug-likeness (QED) is 0.272. The lowest BCUT2D eigenvalue weighted by molar-refractivity contribution is 0.565. The van der Waals surface area contributed by atoms with Gasteiger partial charge in [-0.1, -0.05) is 28.1 Å². The van der Waals surface area contributed by atoms with Crippen molar-refractivity contribution in [3.8, 4) is 5.69 Å². The number of halogens is 1. The fraction of sp³-hybridized carbons (Fsp3) is 0.241. The minimum atomic E-state index is -0.0687. The van der Waals surface area contributed by atoms with Gasteiger partial charge in [0.25, 0.3) is 0 Å². The molecule has 0 aliphatic carbocycles. The van der Waals surface area contributed by atoms with Crippen molar-refractivity contribution in [1.82, 2.24) is 14.9 Å². The predicted molar refractivity (Wildman–Crippen MR) is 152 cm³/mol. The summed E-state index contributed by atoms with van der Waals surface area (Å²) in [4.78, 5) is 6.96. The number of nitrogens with one attached hydrogen (secondary N) is 1. The summed E-state index contributed by atoms with van der Waals surface area (Å²) in [5.41, 5.74) is 10.6. The zero-order valence-corrected chi connectivity index (χ0v) is 23.0. The van der Waals surface area contributed by atoms with E-state index in [2.05, 4.69) is 114 Å². The maximum atomic E-state index is 5.93. The molecule has 35 heavy (non-hydrogen) atoms. The van der Waals surface area contributed by atoms with Crippen molar-refractivity contribution in [2.45, 2.75) is 46.7 Å². The van der Waals surface area contributed by atoms with E-state index in [1.807, 2.05) is 18.3 Å². The Hall–Kier alpha value is -2.96. The highest BCUT2D eigenvalue weighted by Crippen LogP contribution is 2.44. The lowest BCUT2D eigenvalue weighted by Gasteiger charge is -2.28. The zero-order valence-electron chi connectivity index (χ0n) is 20.6. The van der Waals surface area contributed by atoms with Crippen molar-refractivity contribution in [1.29, 1.82) is 0 Å². The van der Waals surface area contributed by atoms with E-state index in [0.717, 1.165) is 15.9 Å². The molecule has 2 aromatic heterocycles. The monoisotopic (exact) mass is 544 g/mol. The van der Waals surface area contributed by atoms with Gasteiger partial charge in [-0.2, -0.15) is 0 Å². The van der Waals surface area contributed by atoms with Crippen LogP contribution in [0.2, 0.25) is 0 Å². The second kappa shape index (κ2) is 9.25. The van der Waals surface area contributed by atoms with Crippen LogP contribution >= 0.6 is 28.1 Å². The highest BCUT2D eigenvalue weighted by atomic mass is 79.9. The van der Waals surface area contributed by atoms with Crippen LogP contribution in [0.1, 0.15) is 51.4 Å². The summed E-state index contributed by atoms with van der Waals surface area (Å²) in [5, 5.41) is 4.30. The van der Waals surface area contributed by atoms with Crippen LogP contribution < -0.4 is 10.2 Å². The molecule has 4 aromatic rings. The van der Waals surface area contributed by atoms with Gasteiger partial charge in [0.05, 0.1) is 17.8 Å². The fourth-order valence-electron chi connectivity index (χ4n) is 5.29. The number of hydrogen-bond donors (Lipinski definition) is 1. The van der Waals surface area contributed by atoms with Gasteiger partial charge in [0.2, 0.25) is 0 Å². The standard InChI is InChI=1S/C29H29BrN4S/c1-17-12-18(2)14-23(13-17)33-20(4)16-24(21(33)5)28-27(26-8-6-7-11-31-26)32-29(35)34(28)22-9-10-25(30)19(3)15-22/h6-16,27-28H,1-5H3,(H,32,35)/t27-,28+/m1/s1. The van der Waals surface area contributed by atoms with Gasteiger partial charge < -0.3 is 14.8 Å². The van der Waals surface area contributed by atoms with Gasteiger partial charge in [-0.3, -0.25) is 4.98 Å². The summed E-state index contributed by atoms with van der Waals surface area (Å²) in [6, 6.07) is 21.4. The Morgan fingerprint density at radius 1 is 0.886 bits per heavy atom. The van der Waals surface area contributed by atoms with Crippen LogP contribution in [0.5, 0.6) is 0 Å². The number of nitrogens with zero attached hydrogens (tertiary/aromatic N) is 3. The van der Waals surface area contributed by atoms with Crippen molar-refractivity contribution in [3.63, 3.8) is 0 Å². The molecule has 0 amide bonds. The van der Waals surface area contributed by atoms with Crippen molar-refractivity contribution in [3.05, 3.63) is 111 Å². The van der Waals surface area contributed by atoms with E-state index in [-0.39, 0.29) is 12.1 Å². The number of thiocarbonyl (C=S) groups is 1. The normalized spacial score (nSPS) is 17.7. The van der Waals surface area contributed by atoms with Crippen LogP contribution in [-0.2, 0) is 0 Å². The largest absolute Gasteiger partial charge is 0.351 e. The molecule has 2 aromatic carbocycles. The molecule has 1 aliphatic heterocycles. The van der Waals surface area contributed by atoms with Gasteiger partial charge in [-0.15, -0.1) is 0 Å². The number of pyridine rings is 1. The maximum absolute atomic E-state index is 5.93. The summed E-state index contributed by atoms with van der Waals surface area (Å²) in [7, 11) is 0. The van der Waals surface area contributed by atoms with Gasteiger partial charge in [-0.05, 0) is 118 Å². The third kappa shape index (κ3) is 4.30. The Labute approximate surface area is 221 Å². The molecule has 1 N–H and O–H groups in total. The summed E-state index contributed by atoms with van der Waals surface area (Å²) in [5.74, 6) is 0. The Morgan fingerprint density at radius 3 is 2.29 bits per heavy atom. The highest BCUT2D eigenvalue weighted by molar-refractivity contribution is 9.10. The van der Waals surface area contributed by atoms with E-state index in [0.29, 0.717) is 5.11 Å². The van der Waals surface area contributed by atoms with Crippen molar-refractivity contribution in [2.24, 2.45) is 0 Å². The number of rotatable bonds is 4. The van der Waals surface area contributed by atoms with Crippen LogP contribution in [0, 0.1) is 34.6 Å². The van der Waals surface area contributed by atoms with E-state index >= 15 is 0 Å². The molecule has 178 valence electrons. The van der Waals surface area contributed by atoms with Gasteiger partial charge in [0, 0.05) is 33.4 Å². The molecule has 5 rings (SSSR count). The third-order valence-corrected chi connectivity index (χ3v) is 7.98. The van der Waals surface area contributed by atoms with E-state index in [9.17, 15) is 0 Å². The Kier molecular flexibility index (Phi) is 6.28. The topological polar surface area (TPSA) is 33.1 Å². The molecule has 0 bridgehead atoms. The van der Waals surface area contributed by atoms with E-state index in [4.69, 9.17) is 17.2 Å². The molecule has 4 nitrogen and oxygen atoms in total. The summed E-state index contributed by atoms with van der Waals surface area (Å²) in [6.45, 7) is 10.8. The van der Waals surface area contributed by atoms with Crippen LogP contribution in [0.25, 0.3) is 5.69 Å². The first-order valence-electron chi connectivity index (χ1n) is 11.8. The lowest BCUT2D eigenvalue weighted by atomic mass is 9.96. The SMILES string of the molecule is Cc1cc(C)cc(-n2c(C)cc([C@H]3[C@@H](c4ccccn4)NC(=S)N3c3ccc(Br)c(C)c3)c2C)c1. The number of aryl methyl sites for hydroxylation is 4. The number of hydrogen-bond acceptors (Lipinski definition) is 2. The molecule has 0 unspecified atom stereocenters. The van der Waals surface area contributed by atoms with E-state index in [1.54, 1.807) is 0 Å². The Balaban J connectivity index is 1.70. The Morgan fingerprint density at radius 2 is 1.63 bits per heavy atom. The Bertz CT molecular complexity index is 1410. The fourth-order valence-corrected chi connectivity index (χ4v) is 5.88. The van der Waals surface area contributed by atoms with E-state index < -0.39 is 0 Å². The average molecular weight is 546 g/mol. The number of aromatic nitrogens is 2. The molecule has 0 spiro atoms. The molecule has 1 fully saturated rings. The minimum absolute atomic E-state index is 0.0381. The maximum Gasteiger partial charge on any atom is 0.174 e. The van der Waals surface area contributed by atoms with Crippen molar-refractivity contribution in [2.75, 3.05) is 4.90 Å². The highest BCUT2D eigenvalue weighted by Gasteiger charge is 2.42. The van der Waals surface area contributed by atoms with Crippen molar-refractivity contribution < 1.29 is 0 Å². The van der Waals surface area contributed by atoms with Crippen LogP contribution in [0.4, 0.5) is 5.69 Å². The van der Waals surface area contributed by atoms with Gasteiger partial charge in [0.15, 0.2) is 5.11 Å². The summed E-state index contributed by atoms with van der Waals surface area (Å²) in [6.07, 6.45) is 1.85. The first kappa shape index (κ1) is 23.8. The smallest absolute Gasteiger partial charge is 0.174 e. The van der Waals surface area contributed by atoms with Gasteiger partial charge in [-0.25, -0.2) is 0 Å². The summed E-state index contributed by atoms with van der Waals surface area (Å²) < 4.78 is 3.45. The van der Waals surface area contributed by atoms with Gasteiger partial charge in [0.1, 0.15) is 0 Å². The third-order valence-electron chi connectivity index (χ3n) is 6.77. The van der Waals surface area contributed by atoms with Crippen molar-refractivity contribution >= 4 is 38.9 Å². The lowest BCUT2D eigenvalue weighted by Crippen LogP contribution is -2.29. The molecule has 0 radical (unpaired) electrons. The van der Waals surface area contributed by atoms with Gasteiger partial charge >= 0.3 is 0 Å². The molecular weight excluding hydrogens is 516 g/mol. The second-order valence-electron chi connectivity index (χ2n) is 9.44. The molecule has 2 atom stereocenters. The molecule has 1 aliphatic rings. The molecular formula is C29H29BrN4S. The molecule has 1 saturated heterocycles.